The molecule has 1 N–H and O–H groups in total. The Morgan fingerprint density at radius 1 is 1.11 bits per heavy atom. The van der Waals surface area contributed by atoms with Crippen molar-refractivity contribution in [2.75, 3.05) is 13.1 Å². The number of nitrogens with zero attached hydrogens (tertiary/aromatic N) is 1. The van der Waals surface area contributed by atoms with Crippen LogP contribution in [0, 0.1) is 5.92 Å². The summed E-state index contributed by atoms with van der Waals surface area (Å²) in [5.41, 5.74) is 1.51. The first kappa shape index (κ1) is 21.1. The average Bonchev–Trinajstić information content (AvgIpc) is 2.69. The third-order valence-corrected chi connectivity index (χ3v) is 7.26. The number of benzene rings is 2. The monoisotopic (exact) mass is 440 g/mol. The van der Waals surface area contributed by atoms with Gasteiger partial charge in [-0.2, -0.15) is 0 Å². The normalized spacial score (nSPS) is 18.0. The topological polar surface area (TPSA) is 66.5 Å². The smallest absolute Gasteiger partial charge is 0.224 e. The van der Waals surface area contributed by atoms with Gasteiger partial charge in [0.15, 0.2) is 0 Å². The molecule has 1 fully saturated rings. The van der Waals surface area contributed by atoms with Gasteiger partial charge in [0.25, 0.3) is 0 Å². The number of sulfonamides is 1. The molecule has 0 spiro atoms. The summed E-state index contributed by atoms with van der Waals surface area (Å²) in [6, 6.07) is 14.1. The quantitative estimate of drug-likeness (QED) is 0.741. The Morgan fingerprint density at radius 2 is 1.82 bits per heavy atom. The molecule has 1 unspecified atom stereocenters. The molecule has 1 heterocycles. The first-order valence-electron chi connectivity index (χ1n) is 9.08. The Morgan fingerprint density at radius 3 is 2.54 bits per heavy atom. The van der Waals surface area contributed by atoms with Crippen LogP contribution in [-0.4, -0.2) is 31.7 Å². The zero-order chi connectivity index (χ0) is 20.1. The molecule has 2 aromatic carbocycles. The van der Waals surface area contributed by atoms with Crippen molar-refractivity contribution in [2.45, 2.75) is 25.1 Å². The van der Waals surface area contributed by atoms with Crippen LogP contribution in [0.4, 0.5) is 0 Å². The summed E-state index contributed by atoms with van der Waals surface area (Å²) in [6.45, 7) is 0.959. The SMILES string of the molecule is O=C(NCc1ccccc1Cl)C1CCCN(S(=O)(=O)Cc2ccc(Cl)cc2)C1. The molecule has 1 amide bonds. The van der Waals surface area contributed by atoms with Crippen molar-refractivity contribution in [3.8, 4) is 0 Å². The molecular formula is C20H22Cl2N2O3S. The highest BCUT2D eigenvalue weighted by Crippen LogP contribution is 2.23. The van der Waals surface area contributed by atoms with Crippen LogP contribution >= 0.6 is 23.2 Å². The van der Waals surface area contributed by atoms with E-state index in [4.69, 9.17) is 23.2 Å². The van der Waals surface area contributed by atoms with Gasteiger partial charge in [-0.15, -0.1) is 0 Å². The molecule has 1 saturated heterocycles. The minimum Gasteiger partial charge on any atom is -0.352 e. The number of carbonyl (C=O) groups is 1. The van der Waals surface area contributed by atoms with E-state index in [0.717, 1.165) is 5.56 Å². The van der Waals surface area contributed by atoms with Crippen LogP contribution < -0.4 is 5.32 Å². The maximum atomic E-state index is 12.8. The van der Waals surface area contributed by atoms with Crippen LogP contribution in [0.15, 0.2) is 48.5 Å². The van der Waals surface area contributed by atoms with Crippen molar-refractivity contribution >= 4 is 39.1 Å². The molecule has 0 saturated carbocycles. The molecule has 0 aromatic heterocycles. The third-order valence-electron chi connectivity index (χ3n) is 4.82. The first-order valence-corrected chi connectivity index (χ1v) is 11.4. The molecule has 2 aromatic rings. The molecule has 0 aliphatic carbocycles. The minimum atomic E-state index is -3.50. The van der Waals surface area contributed by atoms with Gasteiger partial charge in [-0.3, -0.25) is 4.79 Å². The number of amides is 1. The van der Waals surface area contributed by atoms with Gasteiger partial charge in [0.05, 0.1) is 11.7 Å². The van der Waals surface area contributed by atoms with Gasteiger partial charge in [-0.25, -0.2) is 12.7 Å². The van der Waals surface area contributed by atoms with Crippen LogP contribution in [0.25, 0.3) is 0 Å². The highest BCUT2D eigenvalue weighted by Gasteiger charge is 2.32. The average molecular weight is 441 g/mol. The largest absolute Gasteiger partial charge is 0.352 e. The second-order valence-electron chi connectivity index (χ2n) is 6.89. The van der Waals surface area contributed by atoms with Crippen molar-refractivity contribution in [1.82, 2.24) is 9.62 Å². The third kappa shape index (κ3) is 5.47. The lowest BCUT2D eigenvalue weighted by Gasteiger charge is -2.31. The van der Waals surface area contributed by atoms with Gasteiger partial charge in [0, 0.05) is 29.7 Å². The van der Waals surface area contributed by atoms with Gasteiger partial charge in [0.2, 0.25) is 15.9 Å². The number of hydrogen-bond donors (Lipinski definition) is 1. The maximum Gasteiger partial charge on any atom is 0.224 e. The van der Waals surface area contributed by atoms with Crippen molar-refractivity contribution < 1.29 is 13.2 Å². The highest BCUT2D eigenvalue weighted by molar-refractivity contribution is 7.88. The predicted octanol–water partition coefficient (Wildman–Crippen LogP) is 3.85. The molecule has 1 atom stereocenters. The Balaban J connectivity index is 1.60. The summed E-state index contributed by atoms with van der Waals surface area (Å²) in [4.78, 5) is 12.6. The van der Waals surface area contributed by atoms with Gasteiger partial charge >= 0.3 is 0 Å². The predicted molar refractivity (Wildman–Crippen MR) is 112 cm³/mol. The molecule has 0 bridgehead atoms. The Labute approximate surface area is 175 Å². The Bertz CT molecular complexity index is 933. The van der Waals surface area contributed by atoms with Gasteiger partial charge < -0.3 is 5.32 Å². The molecule has 150 valence electrons. The molecule has 8 heteroatoms. The fourth-order valence-electron chi connectivity index (χ4n) is 3.26. The molecule has 5 nitrogen and oxygen atoms in total. The molecular weight excluding hydrogens is 419 g/mol. The van der Waals surface area contributed by atoms with E-state index in [2.05, 4.69) is 5.32 Å². The lowest BCUT2D eigenvalue weighted by Crippen LogP contribution is -2.45. The Kier molecular flexibility index (Phi) is 6.99. The molecule has 28 heavy (non-hydrogen) atoms. The second-order valence-corrected chi connectivity index (χ2v) is 9.70. The van der Waals surface area contributed by atoms with E-state index in [-0.39, 0.29) is 24.1 Å². The van der Waals surface area contributed by atoms with Crippen LogP contribution in [0.1, 0.15) is 24.0 Å². The van der Waals surface area contributed by atoms with E-state index in [1.54, 1.807) is 30.3 Å². The van der Waals surface area contributed by atoms with Gasteiger partial charge in [0.1, 0.15) is 0 Å². The van der Waals surface area contributed by atoms with Crippen molar-refractivity contribution in [1.29, 1.82) is 0 Å². The number of hydrogen-bond acceptors (Lipinski definition) is 3. The zero-order valence-electron chi connectivity index (χ0n) is 15.3. The molecule has 0 radical (unpaired) electrons. The van der Waals surface area contributed by atoms with E-state index in [1.807, 2.05) is 18.2 Å². The minimum absolute atomic E-state index is 0.0991. The number of carbonyl (C=O) groups excluding carboxylic acids is 1. The van der Waals surface area contributed by atoms with Crippen LogP contribution in [0.2, 0.25) is 10.0 Å². The summed E-state index contributed by atoms with van der Waals surface area (Å²) in [5, 5.41) is 4.04. The van der Waals surface area contributed by atoms with E-state index in [0.29, 0.717) is 41.5 Å². The lowest BCUT2D eigenvalue weighted by atomic mass is 9.99. The van der Waals surface area contributed by atoms with E-state index >= 15 is 0 Å². The maximum absolute atomic E-state index is 12.8. The fraction of sp³-hybridized carbons (Fsp3) is 0.350. The van der Waals surface area contributed by atoms with E-state index in [9.17, 15) is 13.2 Å². The van der Waals surface area contributed by atoms with Crippen LogP contribution in [0.3, 0.4) is 0 Å². The van der Waals surface area contributed by atoms with Crippen molar-refractivity contribution in [3.05, 3.63) is 69.7 Å². The standard InChI is InChI=1S/C20H22Cl2N2O3S/c21-18-9-7-15(8-10-18)14-28(26,27)24-11-3-5-17(13-24)20(25)23-12-16-4-1-2-6-19(16)22/h1-2,4,6-10,17H,3,5,11-14H2,(H,23,25). The first-order chi connectivity index (χ1) is 13.3. The lowest BCUT2D eigenvalue weighted by molar-refractivity contribution is -0.126. The Hall–Kier alpha value is -1.60. The molecule has 1 aliphatic heterocycles. The van der Waals surface area contributed by atoms with E-state index in [1.165, 1.54) is 4.31 Å². The number of halogens is 2. The summed E-state index contributed by atoms with van der Waals surface area (Å²) < 4.78 is 27.0. The number of rotatable bonds is 6. The van der Waals surface area contributed by atoms with Gasteiger partial charge in [-0.05, 0) is 42.2 Å². The number of nitrogens with one attached hydrogen (secondary N) is 1. The second kappa shape index (κ2) is 9.27. The van der Waals surface area contributed by atoms with Crippen molar-refractivity contribution in [3.63, 3.8) is 0 Å². The van der Waals surface area contributed by atoms with Crippen LogP contribution in [-0.2, 0) is 27.1 Å². The van der Waals surface area contributed by atoms with Crippen molar-refractivity contribution in [2.24, 2.45) is 5.92 Å². The summed E-state index contributed by atoms with van der Waals surface area (Å²) >= 11 is 12.0. The summed E-state index contributed by atoms with van der Waals surface area (Å²) in [7, 11) is -3.50. The highest BCUT2D eigenvalue weighted by atomic mass is 35.5. The summed E-state index contributed by atoms with van der Waals surface area (Å²) in [6.07, 6.45) is 1.32. The van der Waals surface area contributed by atoms with Crippen LogP contribution in [0.5, 0.6) is 0 Å². The van der Waals surface area contributed by atoms with E-state index < -0.39 is 10.0 Å². The fourth-order valence-corrected chi connectivity index (χ4v) is 5.20. The molecule has 3 rings (SSSR count). The zero-order valence-corrected chi connectivity index (χ0v) is 17.6. The molecule has 1 aliphatic rings. The number of piperidine rings is 1. The van der Waals surface area contributed by atoms with Gasteiger partial charge in [-0.1, -0.05) is 53.5 Å². The summed E-state index contributed by atoms with van der Waals surface area (Å²) in [5.74, 6) is -0.611.